The van der Waals surface area contributed by atoms with Crippen LogP contribution >= 0.6 is 23.4 Å². The Morgan fingerprint density at radius 1 is 1.20 bits per heavy atom. The van der Waals surface area contributed by atoms with Gasteiger partial charge < -0.3 is 9.88 Å². The van der Waals surface area contributed by atoms with Crippen LogP contribution in [-0.2, 0) is 11.8 Å². The summed E-state index contributed by atoms with van der Waals surface area (Å²) < 4.78 is 1.93. The van der Waals surface area contributed by atoms with Crippen molar-refractivity contribution in [3.8, 4) is 0 Å². The average Bonchev–Trinajstić information content (AvgIpc) is 3.01. The second-order valence-electron chi connectivity index (χ2n) is 5.29. The molecule has 1 N–H and O–H groups in total. The van der Waals surface area contributed by atoms with E-state index in [0.717, 1.165) is 21.3 Å². The van der Waals surface area contributed by atoms with Crippen LogP contribution in [0.15, 0.2) is 77.1 Å². The Bertz CT molecular complexity index is 903. The van der Waals surface area contributed by atoms with Gasteiger partial charge in [-0.15, -0.1) is 0 Å². The number of benzene rings is 2. The SMILES string of the molecule is Cn1ccnc1Sc1ccccc1NC(=O)/C=C/c1ccc(Cl)cc1. The first-order chi connectivity index (χ1) is 12.1. The van der Waals surface area contributed by atoms with Crippen LogP contribution in [0.1, 0.15) is 5.56 Å². The van der Waals surface area contributed by atoms with E-state index in [1.54, 1.807) is 24.4 Å². The summed E-state index contributed by atoms with van der Waals surface area (Å²) in [6.07, 6.45) is 6.89. The number of carbonyl (C=O) groups is 1. The van der Waals surface area contributed by atoms with E-state index >= 15 is 0 Å². The number of imidazole rings is 1. The molecule has 0 atom stereocenters. The fourth-order valence-electron chi connectivity index (χ4n) is 2.13. The number of hydrogen-bond donors (Lipinski definition) is 1. The van der Waals surface area contributed by atoms with Crippen molar-refractivity contribution in [1.82, 2.24) is 9.55 Å². The van der Waals surface area contributed by atoms with Gasteiger partial charge in [-0.25, -0.2) is 4.98 Å². The summed E-state index contributed by atoms with van der Waals surface area (Å²) in [5, 5.41) is 4.44. The Hall–Kier alpha value is -2.50. The highest BCUT2D eigenvalue weighted by Crippen LogP contribution is 2.32. The second-order valence-corrected chi connectivity index (χ2v) is 6.74. The highest BCUT2D eigenvalue weighted by molar-refractivity contribution is 7.99. The summed E-state index contributed by atoms with van der Waals surface area (Å²) in [6.45, 7) is 0. The molecule has 0 radical (unpaired) electrons. The van der Waals surface area contributed by atoms with Gasteiger partial charge in [-0.05, 0) is 47.7 Å². The quantitative estimate of drug-likeness (QED) is 0.652. The number of nitrogens with zero attached hydrogens (tertiary/aromatic N) is 2. The van der Waals surface area contributed by atoms with Crippen LogP contribution in [-0.4, -0.2) is 15.5 Å². The molecule has 1 amide bonds. The number of aromatic nitrogens is 2. The summed E-state index contributed by atoms with van der Waals surface area (Å²) in [4.78, 5) is 17.5. The first-order valence-corrected chi connectivity index (χ1v) is 8.80. The van der Waals surface area contributed by atoms with Crippen molar-refractivity contribution < 1.29 is 4.79 Å². The summed E-state index contributed by atoms with van der Waals surface area (Å²) in [7, 11) is 1.94. The predicted molar refractivity (Wildman–Crippen MR) is 103 cm³/mol. The fourth-order valence-corrected chi connectivity index (χ4v) is 3.14. The second kappa shape index (κ2) is 8.05. The zero-order valence-electron chi connectivity index (χ0n) is 13.5. The zero-order valence-corrected chi connectivity index (χ0v) is 15.1. The molecule has 0 aliphatic heterocycles. The van der Waals surface area contributed by atoms with Crippen molar-refractivity contribution >= 4 is 41.0 Å². The monoisotopic (exact) mass is 369 g/mol. The third-order valence-corrected chi connectivity index (χ3v) is 4.82. The smallest absolute Gasteiger partial charge is 0.248 e. The maximum atomic E-state index is 12.2. The first-order valence-electron chi connectivity index (χ1n) is 7.60. The number of rotatable bonds is 5. The Morgan fingerprint density at radius 3 is 2.68 bits per heavy atom. The van der Waals surface area contributed by atoms with Crippen LogP contribution in [0.2, 0.25) is 5.02 Å². The average molecular weight is 370 g/mol. The van der Waals surface area contributed by atoms with Gasteiger partial charge in [0.15, 0.2) is 5.16 Å². The standard InChI is InChI=1S/C19H16ClN3OS/c1-23-13-12-21-19(23)25-17-5-3-2-4-16(17)22-18(24)11-8-14-6-9-15(20)10-7-14/h2-13H,1H3,(H,22,24)/b11-8+. The van der Waals surface area contributed by atoms with E-state index in [4.69, 9.17) is 11.6 Å². The van der Waals surface area contributed by atoms with Crippen molar-refractivity contribution in [1.29, 1.82) is 0 Å². The molecule has 3 aromatic rings. The molecule has 1 heterocycles. The summed E-state index contributed by atoms with van der Waals surface area (Å²) in [6, 6.07) is 15.0. The van der Waals surface area contributed by atoms with Gasteiger partial charge in [-0.2, -0.15) is 0 Å². The molecule has 0 bridgehead atoms. The van der Waals surface area contributed by atoms with Gasteiger partial charge in [0.25, 0.3) is 0 Å². The molecule has 126 valence electrons. The number of aryl methyl sites for hydroxylation is 1. The number of hydrogen-bond acceptors (Lipinski definition) is 3. The number of halogens is 1. The Morgan fingerprint density at radius 2 is 1.96 bits per heavy atom. The summed E-state index contributed by atoms with van der Waals surface area (Å²) in [5.41, 5.74) is 1.66. The van der Waals surface area contributed by atoms with Gasteiger partial charge in [-0.1, -0.05) is 35.9 Å². The van der Waals surface area contributed by atoms with E-state index in [-0.39, 0.29) is 5.91 Å². The van der Waals surface area contributed by atoms with E-state index in [2.05, 4.69) is 10.3 Å². The van der Waals surface area contributed by atoms with Crippen LogP contribution in [0.3, 0.4) is 0 Å². The molecule has 0 fully saturated rings. The minimum atomic E-state index is -0.192. The largest absolute Gasteiger partial charge is 0.329 e. The van der Waals surface area contributed by atoms with E-state index in [1.165, 1.54) is 17.8 Å². The molecule has 3 rings (SSSR count). The van der Waals surface area contributed by atoms with Gasteiger partial charge in [0.05, 0.1) is 5.69 Å². The summed E-state index contributed by atoms with van der Waals surface area (Å²) >= 11 is 7.36. The maximum absolute atomic E-state index is 12.2. The van der Waals surface area contributed by atoms with Crippen molar-refractivity contribution in [3.05, 3.63) is 77.6 Å². The van der Waals surface area contributed by atoms with Crippen molar-refractivity contribution in [3.63, 3.8) is 0 Å². The van der Waals surface area contributed by atoms with Gasteiger partial charge in [-0.3, -0.25) is 4.79 Å². The van der Waals surface area contributed by atoms with Gasteiger partial charge >= 0.3 is 0 Å². The number of amides is 1. The van der Waals surface area contributed by atoms with E-state index in [1.807, 2.05) is 54.2 Å². The Labute approximate surface area is 155 Å². The van der Waals surface area contributed by atoms with E-state index in [9.17, 15) is 4.79 Å². The molecule has 25 heavy (non-hydrogen) atoms. The van der Waals surface area contributed by atoms with Crippen LogP contribution in [0.4, 0.5) is 5.69 Å². The van der Waals surface area contributed by atoms with Gasteiger partial charge in [0.2, 0.25) is 5.91 Å². The molecular weight excluding hydrogens is 354 g/mol. The minimum absolute atomic E-state index is 0.192. The molecule has 1 aromatic heterocycles. The number of anilines is 1. The summed E-state index contributed by atoms with van der Waals surface area (Å²) in [5.74, 6) is -0.192. The van der Waals surface area contributed by atoms with Gasteiger partial charge in [0, 0.05) is 35.4 Å². The molecular formula is C19H16ClN3OS. The number of carbonyl (C=O) groups excluding carboxylic acids is 1. The Kier molecular flexibility index (Phi) is 5.58. The lowest BCUT2D eigenvalue weighted by Crippen LogP contribution is -2.08. The van der Waals surface area contributed by atoms with Gasteiger partial charge in [0.1, 0.15) is 0 Å². The van der Waals surface area contributed by atoms with Crippen molar-refractivity contribution in [2.24, 2.45) is 7.05 Å². The normalized spacial score (nSPS) is 11.0. The molecule has 0 aliphatic rings. The maximum Gasteiger partial charge on any atom is 0.248 e. The molecule has 6 heteroatoms. The van der Waals surface area contributed by atoms with E-state index in [0.29, 0.717) is 5.02 Å². The minimum Gasteiger partial charge on any atom is -0.329 e. The molecule has 0 unspecified atom stereocenters. The van der Waals surface area contributed by atoms with Crippen molar-refractivity contribution in [2.45, 2.75) is 10.1 Å². The predicted octanol–water partition coefficient (Wildman–Crippen LogP) is 4.88. The van der Waals surface area contributed by atoms with Crippen LogP contribution in [0.25, 0.3) is 6.08 Å². The number of nitrogens with one attached hydrogen (secondary N) is 1. The topological polar surface area (TPSA) is 46.9 Å². The van der Waals surface area contributed by atoms with Crippen LogP contribution in [0, 0.1) is 0 Å². The molecule has 0 saturated heterocycles. The highest BCUT2D eigenvalue weighted by Gasteiger charge is 2.08. The molecule has 4 nitrogen and oxygen atoms in total. The lowest BCUT2D eigenvalue weighted by Gasteiger charge is -2.09. The Balaban J connectivity index is 1.71. The molecule has 0 saturated carbocycles. The first kappa shape index (κ1) is 17.3. The van der Waals surface area contributed by atoms with Crippen LogP contribution < -0.4 is 5.32 Å². The van der Waals surface area contributed by atoms with Crippen LogP contribution in [0.5, 0.6) is 0 Å². The molecule has 0 aliphatic carbocycles. The lowest BCUT2D eigenvalue weighted by molar-refractivity contribution is -0.111. The third-order valence-electron chi connectivity index (χ3n) is 3.42. The van der Waals surface area contributed by atoms with E-state index < -0.39 is 0 Å². The third kappa shape index (κ3) is 4.75. The van der Waals surface area contributed by atoms with Crippen molar-refractivity contribution in [2.75, 3.05) is 5.32 Å². The number of para-hydroxylation sites is 1. The lowest BCUT2D eigenvalue weighted by atomic mass is 10.2. The fraction of sp³-hybridized carbons (Fsp3) is 0.0526. The molecule has 0 spiro atoms. The molecule has 2 aromatic carbocycles. The highest BCUT2D eigenvalue weighted by atomic mass is 35.5. The zero-order chi connectivity index (χ0) is 17.6.